The highest BCUT2D eigenvalue weighted by atomic mass is 16.3. The molecule has 116 valence electrons. The number of amides is 1. The number of aromatic amines is 1. The maximum absolute atomic E-state index is 12.4. The summed E-state index contributed by atoms with van der Waals surface area (Å²) in [5.41, 5.74) is 3.85. The van der Waals surface area contributed by atoms with E-state index in [4.69, 9.17) is 0 Å². The number of H-pyrrole nitrogens is 1. The summed E-state index contributed by atoms with van der Waals surface area (Å²) in [5, 5.41) is 11.0. The van der Waals surface area contributed by atoms with Crippen LogP contribution < -0.4 is 0 Å². The maximum atomic E-state index is 12.4. The lowest BCUT2D eigenvalue weighted by Crippen LogP contribution is -2.53. The number of fused-ring (bicyclic) bond motifs is 2. The lowest BCUT2D eigenvalue weighted by molar-refractivity contribution is -0.136. The number of carbonyl (C=O) groups is 1. The van der Waals surface area contributed by atoms with E-state index in [0.717, 1.165) is 12.8 Å². The van der Waals surface area contributed by atoms with Gasteiger partial charge in [-0.25, -0.2) is 0 Å². The average molecular weight is 298 g/mol. The van der Waals surface area contributed by atoms with E-state index in [2.05, 4.69) is 29.4 Å². The van der Waals surface area contributed by atoms with E-state index in [-0.39, 0.29) is 24.5 Å². The predicted molar refractivity (Wildman–Crippen MR) is 85.7 cm³/mol. The van der Waals surface area contributed by atoms with Crippen LogP contribution in [0.1, 0.15) is 36.8 Å². The first-order chi connectivity index (χ1) is 10.7. The largest absolute Gasteiger partial charge is 0.396 e. The van der Waals surface area contributed by atoms with Gasteiger partial charge in [0.2, 0.25) is 5.91 Å². The van der Waals surface area contributed by atoms with Crippen LogP contribution in [-0.2, 0) is 11.2 Å². The molecule has 1 unspecified atom stereocenters. The second kappa shape index (κ2) is 5.13. The van der Waals surface area contributed by atoms with E-state index >= 15 is 0 Å². The van der Waals surface area contributed by atoms with Crippen molar-refractivity contribution >= 4 is 16.8 Å². The molecule has 4 nitrogen and oxygen atoms in total. The number of aliphatic hydroxyl groups excluding tert-OH is 1. The SMILES string of the molecule is CCC(=O)N1C[C@H](CO)CC2c3cccc4[nH]cc(c34)C[C@H]21. The van der Waals surface area contributed by atoms with E-state index in [0.29, 0.717) is 18.9 Å². The zero-order valence-corrected chi connectivity index (χ0v) is 12.9. The summed E-state index contributed by atoms with van der Waals surface area (Å²) in [6.07, 6.45) is 4.52. The standard InChI is InChI=1S/C18H22N2O2/c1-2-17(22)20-9-11(10-21)6-14-13-4-3-5-15-18(13)12(8-19-15)7-16(14)20/h3-5,8,11,14,16,19,21H,2,6-7,9-10H2,1H3/t11-,14?,16-/m1/s1. The Balaban J connectivity index is 1.82. The summed E-state index contributed by atoms with van der Waals surface area (Å²) in [5.74, 6) is 0.736. The van der Waals surface area contributed by atoms with Crippen LogP contribution in [-0.4, -0.2) is 40.1 Å². The number of hydrogen-bond acceptors (Lipinski definition) is 2. The molecule has 0 bridgehead atoms. The number of carbonyl (C=O) groups excluding carboxylic acids is 1. The lowest BCUT2D eigenvalue weighted by atomic mass is 9.72. The molecule has 3 atom stereocenters. The van der Waals surface area contributed by atoms with Crippen LogP contribution in [0.15, 0.2) is 24.4 Å². The minimum atomic E-state index is 0.159. The molecule has 1 aromatic carbocycles. The third kappa shape index (κ3) is 1.90. The monoisotopic (exact) mass is 298 g/mol. The van der Waals surface area contributed by atoms with Gasteiger partial charge in [-0.2, -0.15) is 0 Å². The lowest BCUT2D eigenvalue weighted by Gasteiger charge is -2.46. The third-order valence-corrected chi connectivity index (χ3v) is 5.44. The zero-order valence-electron chi connectivity index (χ0n) is 12.9. The highest BCUT2D eigenvalue weighted by molar-refractivity contribution is 5.89. The Morgan fingerprint density at radius 2 is 2.32 bits per heavy atom. The van der Waals surface area contributed by atoms with Gasteiger partial charge < -0.3 is 15.0 Å². The quantitative estimate of drug-likeness (QED) is 0.894. The molecule has 2 heterocycles. The van der Waals surface area contributed by atoms with E-state index in [9.17, 15) is 9.90 Å². The van der Waals surface area contributed by atoms with Crippen molar-refractivity contribution in [2.45, 2.75) is 38.1 Å². The van der Waals surface area contributed by atoms with Gasteiger partial charge in [0.15, 0.2) is 0 Å². The van der Waals surface area contributed by atoms with Crippen LogP contribution in [0.4, 0.5) is 0 Å². The summed E-state index contributed by atoms with van der Waals surface area (Å²) in [6, 6.07) is 6.65. The van der Waals surface area contributed by atoms with Gasteiger partial charge in [-0.3, -0.25) is 4.79 Å². The summed E-state index contributed by atoms with van der Waals surface area (Å²) >= 11 is 0. The number of nitrogens with one attached hydrogen (secondary N) is 1. The van der Waals surface area contributed by atoms with Gasteiger partial charge in [0.05, 0.1) is 0 Å². The van der Waals surface area contributed by atoms with Crippen molar-refractivity contribution in [3.8, 4) is 0 Å². The van der Waals surface area contributed by atoms with Crippen molar-refractivity contribution in [1.29, 1.82) is 0 Å². The second-order valence-corrected chi connectivity index (χ2v) is 6.65. The maximum Gasteiger partial charge on any atom is 0.222 e. The molecular weight excluding hydrogens is 276 g/mol. The summed E-state index contributed by atoms with van der Waals surface area (Å²) in [6.45, 7) is 2.78. The number of benzene rings is 1. The van der Waals surface area contributed by atoms with E-state index in [1.54, 1.807) is 0 Å². The molecule has 2 aromatic rings. The average Bonchev–Trinajstić information content (AvgIpc) is 2.98. The van der Waals surface area contributed by atoms with Crippen LogP contribution in [0.2, 0.25) is 0 Å². The molecule has 0 saturated carbocycles. The van der Waals surface area contributed by atoms with Crippen LogP contribution in [0.5, 0.6) is 0 Å². The van der Waals surface area contributed by atoms with Crippen LogP contribution in [0, 0.1) is 5.92 Å². The van der Waals surface area contributed by atoms with Crippen molar-refractivity contribution in [1.82, 2.24) is 9.88 Å². The molecule has 1 fully saturated rings. The minimum Gasteiger partial charge on any atom is -0.396 e. The normalized spacial score (nSPS) is 27.0. The first-order valence-electron chi connectivity index (χ1n) is 8.22. The molecule has 4 heteroatoms. The van der Waals surface area contributed by atoms with Crippen molar-refractivity contribution in [2.75, 3.05) is 13.2 Å². The van der Waals surface area contributed by atoms with Crippen LogP contribution >= 0.6 is 0 Å². The molecule has 2 N–H and O–H groups in total. The van der Waals surface area contributed by atoms with E-state index < -0.39 is 0 Å². The molecule has 1 aromatic heterocycles. The molecule has 0 radical (unpaired) electrons. The Labute approximate surface area is 130 Å². The van der Waals surface area contributed by atoms with Gasteiger partial charge in [0.25, 0.3) is 0 Å². The van der Waals surface area contributed by atoms with Crippen LogP contribution in [0.25, 0.3) is 10.9 Å². The van der Waals surface area contributed by atoms with Gasteiger partial charge >= 0.3 is 0 Å². The second-order valence-electron chi connectivity index (χ2n) is 6.65. The van der Waals surface area contributed by atoms with Gasteiger partial charge in [-0.1, -0.05) is 19.1 Å². The van der Waals surface area contributed by atoms with Crippen molar-refractivity contribution < 1.29 is 9.90 Å². The Hall–Kier alpha value is -1.81. The first kappa shape index (κ1) is 13.8. The fourth-order valence-corrected chi connectivity index (χ4v) is 4.41. The molecule has 1 aliphatic carbocycles. The number of rotatable bonds is 2. The number of hydrogen-bond donors (Lipinski definition) is 2. The summed E-state index contributed by atoms with van der Waals surface area (Å²) in [7, 11) is 0. The van der Waals surface area contributed by atoms with Gasteiger partial charge in [-0.15, -0.1) is 0 Å². The van der Waals surface area contributed by atoms with Crippen molar-refractivity contribution in [2.24, 2.45) is 5.92 Å². The Morgan fingerprint density at radius 3 is 3.09 bits per heavy atom. The number of nitrogens with zero attached hydrogens (tertiary/aromatic N) is 1. The highest BCUT2D eigenvalue weighted by Gasteiger charge is 2.41. The van der Waals surface area contributed by atoms with Crippen molar-refractivity contribution in [3.63, 3.8) is 0 Å². The Kier molecular flexibility index (Phi) is 3.22. The third-order valence-electron chi connectivity index (χ3n) is 5.44. The molecule has 2 aliphatic rings. The fraction of sp³-hybridized carbons (Fsp3) is 0.500. The van der Waals surface area contributed by atoms with Gasteiger partial charge in [0, 0.05) is 54.5 Å². The molecular formula is C18H22N2O2. The zero-order chi connectivity index (χ0) is 15.3. The first-order valence-corrected chi connectivity index (χ1v) is 8.22. The molecule has 1 saturated heterocycles. The smallest absolute Gasteiger partial charge is 0.222 e. The highest BCUT2D eigenvalue weighted by Crippen LogP contribution is 2.44. The Bertz CT molecular complexity index is 721. The predicted octanol–water partition coefficient (Wildman–Crippen LogP) is 2.43. The number of likely N-dealkylation sites (tertiary alicyclic amines) is 1. The van der Waals surface area contributed by atoms with Crippen LogP contribution in [0.3, 0.4) is 0 Å². The van der Waals surface area contributed by atoms with Gasteiger partial charge in [0.1, 0.15) is 0 Å². The number of piperidine rings is 1. The molecule has 0 spiro atoms. The van der Waals surface area contributed by atoms with E-state index in [1.807, 2.05) is 11.8 Å². The Morgan fingerprint density at radius 1 is 1.45 bits per heavy atom. The summed E-state index contributed by atoms with van der Waals surface area (Å²) in [4.78, 5) is 17.8. The van der Waals surface area contributed by atoms with Gasteiger partial charge in [-0.05, 0) is 30.0 Å². The molecule has 4 rings (SSSR count). The van der Waals surface area contributed by atoms with E-state index in [1.165, 1.54) is 22.0 Å². The molecule has 1 amide bonds. The fourth-order valence-electron chi connectivity index (χ4n) is 4.41. The molecule has 1 aliphatic heterocycles. The molecule has 22 heavy (non-hydrogen) atoms. The number of aliphatic hydroxyl groups is 1. The number of aromatic nitrogens is 1. The minimum absolute atomic E-state index is 0.159. The van der Waals surface area contributed by atoms with Crippen molar-refractivity contribution in [3.05, 3.63) is 35.5 Å². The summed E-state index contributed by atoms with van der Waals surface area (Å²) < 4.78 is 0. The topological polar surface area (TPSA) is 56.3 Å².